The van der Waals surface area contributed by atoms with E-state index in [2.05, 4.69) is 29.9 Å². The van der Waals surface area contributed by atoms with Crippen LogP contribution in [0.15, 0.2) is 23.8 Å². The van der Waals surface area contributed by atoms with Gasteiger partial charge in [0, 0.05) is 13.1 Å². The average molecular weight is 744 g/mol. The fourth-order valence-corrected chi connectivity index (χ4v) is 9.09. The van der Waals surface area contributed by atoms with Gasteiger partial charge < -0.3 is 40.8 Å². The van der Waals surface area contributed by atoms with E-state index >= 15 is 0 Å². The molecule has 4 aromatic heterocycles. The number of imidazole rings is 2. The monoisotopic (exact) mass is 743 g/mol. The van der Waals surface area contributed by atoms with Crippen LogP contribution in [0.2, 0.25) is 0 Å². The topological polar surface area (TPSA) is 322 Å². The Bertz CT molecular complexity index is 2070. The Balaban J connectivity index is 1.17. The summed E-state index contributed by atoms with van der Waals surface area (Å²) in [6.07, 6.45) is -8.26. The van der Waals surface area contributed by atoms with E-state index in [0.717, 1.165) is 0 Å². The van der Waals surface area contributed by atoms with E-state index in [0.29, 0.717) is 0 Å². The number of nitrogen functional groups attached to an aromatic ring is 2. The standard InChI is InChI=1S/C24H31N11O13P2/c25-18-12-19(28-7-27-18)34(8-29-12)22-15(37)16-11(46-22)6-43-49(39,33-1-3-42-4-2-33)47-17-14(36)10(5-44-50(40,41)48-16)45-23(17)35-9-30-13-20(35)31-24(26)32-21(13)38/h7-11,14-17,22-23,36-37H,1-6H2,(H,40,41)(H2,25,27,28)(H3,26,31,32,38)/t10-,11-,14+,15+,16?,17?,22-,23-,49?/m1/s1. The molecule has 4 saturated heterocycles. The number of aromatic nitrogens is 8. The highest BCUT2D eigenvalue weighted by Gasteiger charge is 2.55. The molecular weight excluding hydrogens is 712 g/mol. The predicted molar refractivity (Wildman–Crippen MR) is 164 cm³/mol. The minimum Gasteiger partial charge on any atom is -0.387 e. The van der Waals surface area contributed by atoms with Crippen molar-refractivity contribution in [2.45, 2.75) is 49.1 Å². The van der Waals surface area contributed by atoms with E-state index < -0.39 is 83.4 Å². The Hall–Kier alpha value is -3.48. The first kappa shape index (κ1) is 33.7. The minimum absolute atomic E-state index is 0.0562. The van der Waals surface area contributed by atoms with Crippen molar-refractivity contribution in [1.82, 2.24) is 43.7 Å². The van der Waals surface area contributed by atoms with Gasteiger partial charge in [-0.25, -0.2) is 33.7 Å². The average Bonchev–Trinajstić information content (AvgIpc) is 3.85. The molecule has 0 aromatic carbocycles. The smallest absolute Gasteiger partial charge is 0.387 e. The van der Waals surface area contributed by atoms with Gasteiger partial charge in [-0.3, -0.25) is 37.0 Å². The number of aliphatic hydroxyl groups is 2. The molecule has 8 rings (SSSR count). The number of phosphoric acid groups is 1. The first-order valence-corrected chi connectivity index (χ1v) is 18.2. The predicted octanol–water partition coefficient (Wildman–Crippen LogP) is -2.00. The first-order chi connectivity index (χ1) is 23.9. The van der Waals surface area contributed by atoms with Crippen molar-refractivity contribution in [1.29, 1.82) is 0 Å². The van der Waals surface area contributed by atoms with Crippen molar-refractivity contribution in [3.63, 3.8) is 0 Å². The zero-order valence-corrected chi connectivity index (χ0v) is 27.4. The fourth-order valence-electron chi connectivity index (χ4n) is 6.24. The third kappa shape index (κ3) is 5.81. The zero-order chi connectivity index (χ0) is 34.9. The largest absolute Gasteiger partial charge is 0.472 e. The van der Waals surface area contributed by atoms with Gasteiger partial charge >= 0.3 is 15.6 Å². The minimum atomic E-state index is -5.06. The Morgan fingerprint density at radius 3 is 2.32 bits per heavy atom. The number of phosphoric ester groups is 1. The molecule has 2 bridgehead atoms. The summed E-state index contributed by atoms with van der Waals surface area (Å²) in [4.78, 5) is 46.1. The van der Waals surface area contributed by atoms with E-state index in [1.165, 1.54) is 32.8 Å². The van der Waals surface area contributed by atoms with Crippen LogP contribution in [0.1, 0.15) is 12.5 Å². The molecule has 4 fully saturated rings. The molecule has 24 nitrogen and oxygen atoms in total. The molecule has 50 heavy (non-hydrogen) atoms. The number of nitrogens with two attached hydrogens (primary N) is 2. The molecule has 0 amide bonds. The number of aromatic amines is 1. The Morgan fingerprint density at radius 2 is 1.54 bits per heavy atom. The Morgan fingerprint density at radius 1 is 0.840 bits per heavy atom. The first-order valence-electron chi connectivity index (χ1n) is 15.2. The Kier molecular flexibility index (Phi) is 8.50. The molecule has 0 spiro atoms. The number of rotatable bonds is 3. The van der Waals surface area contributed by atoms with E-state index in [1.807, 2.05) is 0 Å². The molecule has 0 radical (unpaired) electrons. The summed E-state index contributed by atoms with van der Waals surface area (Å²) < 4.78 is 72.6. The fraction of sp³-hybridized carbons (Fsp3) is 0.583. The zero-order valence-electron chi connectivity index (χ0n) is 25.6. The summed E-state index contributed by atoms with van der Waals surface area (Å²) >= 11 is 0. The molecular formula is C24H31N11O13P2. The number of nitrogens with one attached hydrogen (secondary N) is 1. The van der Waals surface area contributed by atoms with E-state index in [1.54, 1.807) is 0 Å². The lowest BCUT2D eigenvalue weighted by molar-refractivity contribution is -0.0676. The highest BCUT2D eigenvalue weighted by Crippen LogP contribution is 2.58. The summed E-state index contributed by atoms with van der Waals surface area (Å²) in [5.74, 6) is -0.179. The van der Waals surface area contributed by atoms with Gasteiger partial charge in [-0.15, -0.1) is 0 Å². The maximum Gasteiger partial charge on any atom is 0.472 e. The molecule has 4 aromatic rings. The summed E-state index contributed by atoms with van der Waals surface area (Å²) in [5.41, 5.74) is 11.2. The van der Waals surface area contributed by atoms with Gasteiger partial charge in [-0.2, -0.15) is 4.98 Å². The molecule has 10 atom stereocenters. The lowest BCUT2D eigenvalue weighted by Gasteiger charge is -2.36. The number of morpholine rings is 1. The van der Waals surface area contributed by atoms with E-state index in [-0.39, 0.29) is 60.4 Å². The van der Waals surface area contributed by atoms with Crippen molar-refractivity contribution >= 4 is 49.7 Å². The third-order valence-corrected chi connectivity index (χ3v) is 11.7. The number of ether oxygens (including phenoxy) is 3. The van der Waals surface area contributed by atoms with E-state index in [4.69, 9.17) is 43.8 Å². The number of hydrogen-bond donors (Lipinski definition) is 6. The van der Waals surface area contributed by atoms with Crippen molar-refractivity contribution in [2.24, 2.45) is 0 Å². The molecule has 8 N–H and O–H groups in total. The van der Waals surface area contributed by atoms with E-state index in [9.17, 15) is 29.0 Å². The van der Waals surface area contributed by atoms with Crippen LogP contribution in [0.5, 0.6) is 0 Å². The van der Waals surface area contributed by atoms with Crippen molar-refractivity contribution in [3.05, 3.63) is 29.3 Å². The van der Waals surface area contributed by atoms with Crippen LogP contribution in [-0.2, 0) is 41.4 Å². The van der Waals surface area contributed by atoms with Crippen molar-refractivity contribution in [3.8, 4) is 0 Å². The molecule has 4 aliphatic heterocycles. The normalized spacial score (nSPS) is 37.3. The lowest BCUT2D eigenvalue weighted by Crippen LogP contribution is -2.41. The molecule has 8 heterocycles. The SMILES string of the molecule is Nc1nc2c(ncn2[C@@H]2O[C@@H]3COP(=O)(O)OC4[C@@H](COP(=O)(N5CCOCC5)OC2[C@H]3O)O[C@@H](n2cnc3c(N)ncnc32)[C@H]4O)c(=O)[nH]1. The van der Waals surface area contributed by atoms with Crippen molar-refractivity contribution < 1.29 is 56.5 Å². The van der Waals surface area contributed by atoms with Gasteiger partial charge in [0.2, 0.25) is 5.95 Å². The maximum absolute atomic E-state index is 14.9. The van der Waals surface area contributed by atoms with Gasteiger partial charge in [-0.1, -0.05) is 0 Å². The second kappa shape index (κ2) is 12.6. The van der Waals surface area contributed by atoms with Gasteiger partial charge in [0.05, 0.1) is 39.1 Å². The van der Waals surface area contributed by atoms with Gasteiger partial charge in [-0.05, 0) is 0 Å². The highest BCUT2D eigenvalue weighted by molar-refractivity contribution is 7.51. The Labute approximate surface area is 279 Å². The summed E-state index contributed by atoms with van der Waals surface area (Å²) in [7, 11) is -9.52. The van der Waals surface area contributed by atoms with Gasteiger partial charge in [0.1, 0.15) is 48.5 Å². The molecule has 4 unspecified atom stereocenters. The number of H-pyrrole nitrogens is 1. The molecule has 4 aliphatic rings. The lowest BCUT2D eigenvalue weighted by atomic mass is 10.1. The second-order valence-corrected chi connectivity index (χ2v) is 15.1. The van der Waals surface area contributed by atoms with Gasteiger partial charge in [0.15, 0.2) is 35.1 Å². The quantitative estimate of drug-likeness (QED) is 0.124. The van der Waals surface area contributed by atoms with Crippen LogP contribution in [0.25, 0.3) is 22.3 Å². The molecule has 26 heteroatoms. The summed E-state index contributed by atoms with van der Waals surface area (Å²) in [6, 6.07) is 0. The summed E-state index contributed by atoms with van der Waals surface area (Å²) in [5, 5.41) is 22.9. The van der Waals surface area contributed by atoms with Crippen LogP contribution >= 0.6 is 15.6 Å². The summed E-state index contributed by atoms with van der Waals surface area (Å²) in [6.45, 7) is -0.879. The third-order valence-electron chi connectivity index (χ3n) is 8.66. The second-order valence-electron chi connectivity index (χ2n) is 11.7. The molecule has 270 valence electrons. The van der Waals surface area contributed by atoms with Gasteiger partial charge in [0.25, 0.3) is 5.56 Å². The number of hydrogen-bond acceptors (Lipinski definition) is 19. The van der Waals surface area contributed by atoms with Crippen LogP contribution < -0.4 is 17.0 Å². The number of anilines is 2. The molecule has 0 saturated carbocycles. The van der Waals surface area contributed by atoms with Crippen LogP contribution in [0.4, 0.5) is 11.8 Å². The number of nitrogens with zero attached hydrogens (tertiary/aromatic N) is 8. The number of aliphatic hydroxyl groups excluding tert-OH is 2. The maximum atomic E-state index is 14.9. The van der Waals surface area contributed by atoms with Crippen LogP contribution in [0.3, 0.4) is 0 Å². The number of fused-ring (bicyclic) bond motifs is 5. The van der Waals surface area contributed by atoms with Crippen molar-refractivity contribution in [2.75, 3.05) is 51.0 Å². The highest BCUT2D eigenvalue weighted by atomic mass is 31.2. The van der Waals surface area contributed by atoms with Crippen LogP contribution in [-0.4, -0.2) is 135 Å². The molecule has 0 aliphatic carbocycles. The van der Waals surface area contributed by atoms with Crippen LogP contribution in [0, 0.1) is 0 Å².